The van der Waals surface area contributed by atoms with E-state index in [9.17, 15) is 4.79 Å². The fourth-order valence-electron chi connectivity index (χ4n) is 3.43. The van der Waals surface area contributed by atoms with Crippen molar-refractivity contribution in [2.45, 2.75) is 39.8 Å². The Morgan fingerprint density at radius 2 is 2.00 bits per heavy atom. The number of rotatable bonds is 4. The molecule has 0 saturated heterocycles. The highest BCUT2D eigenvalue weighted by Crippen LogP contribution is 2.25. The van der Waals surface area contributed by atoms with Gasteiger partial charge < -0.3 is 14.2 Å². The maximum absolute atomic E-state index is 13.1. The van der Waals surface area contributed by atoms with E-state index in [-0.39, 0.29) is 11.9 Å². The average Bonchev–Trinajstić information content (AvgIpc) is 2.91. The summed E-state index contributed by atoms with van der Waals surface area (Å²) in [6.45, 7) is 7.77. The zero-order chi connectivity index (χ0) is 17.3. The fraction of sp³-hybridized carbons (Fsp3) is 0.474. The van der Waals surface area contributed by atoms with Gasteiger partial charge in [0.1, 0.15) is 0 Å². The molecule has 1 aromatic heterocycles. The number of amides is 1. The van der Waals surface area contributed by atoms with Gasteiger partial charge in [0.05, 0.1) is 31.2 Å². The molecule has 0 radical (unpaired) electrons. The molecule has 2 heterocycles. The van der Waals surface area contributed by atoms with Crippen molar-refractivity contribution < 1.29 is 9.53 Å². The lowest BCUT2D eigenvalue weighted by Gasteiger charge is -2.35. The molecule has 0 saturated carbocycles. The van der Waals surface area contributed by atoms with Crippen molar-refractivity contribution in [3.63, 3.8) is 0 Å². The molecule has 128 valence electrons. The minimum atomic E-state index is 0.0427. The quantitative estimate of drug-likeness (QED) is 0.867. The lowest BCUT2D eigenvalue weighted by atomic mass is 10.00. The number of aryl methyl sites for hydroxylation is 3. The van der Waals surface area contributed by atoms with E-state index in [2.05, 4.69) is 11.1 Å². The summed E-state index contributed by atoms with van der Waals surface area (Å²) in [5.41, 5.74) is 5.14. The van der Waals surface area contributed by atoms with Crippen LogP contribution >= 0.6 is 0 Å². The summed E-state index contributed by atoms with van der Waals surface area (Å²) in [4.78, 5) is 19.5. The molecule has 0 N–H and O–H groups in total. The molecule has 2 aromatic rings. The van der Waals surface area contributed by atoms with Crippen molar-refractivity contribution in [1.82, 2.24) is 14.5 Å². The molecule has 1 atom stereocenters. The van der Waals surface area contributed by atoms with Gasteiger partial charge in [-0.1, -0.05) is 17.2 Å². The van der Waals surface area contributed by atoms with Crippen LogP contribution in [0.2, 0.25) is 0 Å². The Hall–Kier alpha value is -2.14. The van der Waals surface area contributed by atoms with E-state index < -0.39 is 0 Å². The third-order valence-electron chi connectivity index (χ3n) is 4.58. The third-order valence-corrected chi connectivity index (χ3v) is 4.58. The maximum atomic E-state index is 13.1. The van der Waals surface area contributed by atoms with Crippen molar-refractivity contribution in [1.29, 1.82) is 0 Å². The maximum Gasteiger partial charge on any atom is 0.254 e. The van der Waals surface area contributed by atoms with E-state index in [1.165, 1.54) is 5.69 Å². The van der Waals surface area contributed by atoms with Crippen molar-refractivity contribution >= 4 is 5.91 Å². The monoisotopic (exact) mass is 327 g/mol. The van der Waals surface area contributed by atoms with E-state index in [0.29, 0.717) is 19.8 Å². The molecule has 24 heavy (non-hydrogen) atoms. The zero-order valence-electron chi connectivity index (χ0n) is 14.9. The molecule has 1 aliphatic rings. The summed E-state index contributed by atoms with van der Waals surface area (Å²) < 4.78 is 7.69. The molecule has 5 nitrogen and oxygen atoms in total. The van der Waals surface area contributed by atoms with Gasteiger partial charge in [0.2, 0.25) is 0 Å². The Labute approximate surface area is 143 Å². The molecule has 5 heteroatoms. The standard InChI is InChI=1S/C19H25N3O2/c1-5-24-11-16-9-18-17(20-12-21(18)4)10-22(16)19(23)15-7-13(2)6-14(3)8-15/h6-8,12,16H,5,9-11H2,1-4H3/t16-/m0/s1. The topological polar surface area (TPSA) is 47.4 Å². The largest absolute Gasteiger partial charge is 0.380 e. The number of imidazole rings is 1. The highest BCUT2D eigenvalue weighted by Gasteiger charge is 2.32. The Balaban J connectivity index is 1.92. The summed E-state index contributed by atoms with van der Waals surface area (Å²) in [7, 11) is 2.00. The number of nitrogens with zero attached hydrogens (tertiary/aromatic N) is 3. The van der Waals surface area contributed by atoms with E-state index in [1.807, 2.05) is 55.7 Å². The van der Waals surface area contributed by atoms with Crippen molar-refractivity contribution in [3.8, 4) is 0 Å². The minimum Gasteiger partial charge on any atom is -0.380 e. The van der Waals surface area contributed by atoms with E-state index in [1.54, 1.807) is 0 Å². The van der Waals surface area contributed by atoms with Gasteiger partial charge in [0.25, 0.3) is 5.91 Å². The molecular formula is C19H25N3O2. The van der Waals surface area contributed by atoms with Gasteiger partial charge in [-0.2, -0.15) is 0 Å². The molecular weight excluding hydrogens is 302 g/mol. The highest BCUT2D eigenvalue weighted by molar-refractivity contribution is 5.95. The van der Waals surface area contributed by atoms with Gasteiger partial charge in [0.15, 0.2) is 0 Å². The number of carbonyl (C=O) groups is 1. The number of fused-ring (bicyclic) bond motifs is 1. The number of carbonyl (C=O) groups excluding carboxylic acids is 1. The van der Waals surface area contributed by atoms with Gasteiger partial charge in [-0.05, 0) is 32.9 Å². The van der Waals surface area contributed by atoms with Crippen LogP contribution in [-0.2, 0) is 24.8 Å². The summed E-state index contributed by atoms with van der Waals surface area (Å²) in [5.74, 6) is 0.0582. The van der Waals surface area contributed by atoms with Crippen molar-refractivity contribution in [3.05, 3.63) is 52.6 Å². The Morgan fingerprint density at radius 3 is 2.67 bits per heavy atom. The average molecular weight is 327 g/mol. The van der Waals surface area contributed by atoms with Gasteiger partial charge in [-0.15, -0.1) is 0 Å². The van der Waals surface area contributed by atoms with Gasteiger partial charge in [-0.25, -0.2) is 4.98 Å². The van der Waals surface area contributed by atoms with Crippen LogP contribution in [0, 0.1) is 13.8 Å². The molecule has 0 spiro atoms. The van der Waals surface area contributed by atoms with Crippen LogP contribution in [0.4, 0.5) is 0 Å². The lowest BCUT2D eigenvalue weighted by Crippen LogP contribution is -2.47. The Morgan fingerprint density at radius 1 is 1.29 bits per heavy atom. The Kier molecular flexibility index (Phi) is 4.71. The first-order valence-corrected chi connectivity index (χ1v) is 8.45. The molecule has 0 bridgehead atoms. The van der Waals surface area contributed by atoms with Crippen molar-refractivity contribution in [2.75, 3.05) is 13.2 Å². The number of aromatic nitrogens is 2. The van der Waals surface area contributed by atoms with E-state index in [0.717, 1.165) is 28.8 Å². The highest BCUT2D eigenvalue weighted by atomic mass is 16.5. The van der Waals surface area contributed by atoms with Gasteiger partial charge in [0, 0.05) is 31.3 Å². The van der Waals surface area contributed by atoms with Gasteiger partial charge >= 0.3 is 0 Å². The number of hydrogen-bond acceptors (Lipinski definition) is 3. The summed E-state index contributed by atoms with van der Waals surface area (Å²) in [6.07, 6.45) is 2.61. The zero-order valence-corrected chi connectivity index (χ0v) is 14.9. The van der Waals surface area contributed by atoms with Crippen LogP contribution in [0.25, 0.3) is 0 Å². The SMILES string of the molecule is CCOC[C@@H]1Cc2c(ncn2C)CN1C(=O)c1cc(C)cc(C)c1. The predicted octanol–water partition coefficient (Wildman–Crippen LogP) is 2.64. The van der Waals surface area contributed by atoms with Gasteiger partial charge in [-0.3, -0.25) is 4.79 Å². The first-order chi connectivity index (χ1) is 11.5. The number of benzene rings is 1. The molecule has 0 unspecified atom stereocenters. The minimum absolute atomic E-state index is 0.0427. The third kappa shape index (κ3) is 3.22. The Bertz CT molecular complexity index is 731. The van der Waals surface area contributed by atoms with Crippen LogP contribution in [0.15, 0.2) is 24.5 Å². The number of ether oxygens (including phenoxy) is 1. The molecule has 0 fully saturated rings. The second-order valence-corrected chi connectivity index (χ2v) is 6.58. The van der Waals surface area contributed by atoms with E-state index in [4.69, 9.17) is 4.74 Å². The fourth-order valence-corrected chi connectivity index (χ4v) is 3.43. The van der Waals surface area contributed by atoms with Crippen LogP contribution < -0.4 is 0 Å². The molecule has 1 aliphatic heterocycles. The van der Waals surface area contributed by atoms with Crippen LogP contribution in [0.5, 0.6) is 0 Å². The van der Waals surface area contributed by atoms with E-state index >= 15 is 0 Å². The first kappa shape index (κ1) is 16.7. The molecule has 1 amide bonds. The van der Waals surface area contributed by atoms with Crippen LogP contribution in [0.1, 0.15) is 39.8 Å². The normalized spacial score (nSPS) is 17.0. The van der Waals surface area contributed by atoms with Crippen LogP contribution in [0.3, 0.4) is 0 Å². The molecule has 3 rings (SSSR count). The summed E-state index contributed by atoms with van der Waals surface area (Å²) in [6, 6.07) is 6.05. The summed E-state index contributed by atoms with van der Waals surface area (Å²) in [5, 5.41) is 0. The number of hydrogen-bond donors (Lipinski definition) is 0. The van der Waals surface area contributed by atoms with Crippen LogP contribution in [-0.4, -0.2) is 39.6 Å². The second-order valence-electron chi connectivity index (χ2n) is 6.58. The molecule has 0 aliphatic carbocycles. The van der Waals surface area contributed by atoms with Crippen molar-refractivity contribution in [2.24, 2.45) is 7.05 Å². The summed E-state index contributed by atoms with van der Waals surface area (Å²) >= 11 is 0. The first-order valence-electron chi connectivity index (χ1n) is 8.45. The molecule has 1 aromatic carbocycles. The lowest BCUT2D eigenvalue weighted by molar-refractivity contribution is 0.0387. The predicted molar refractivity (Wildman–Crippen MR) is 93.0 cm³/mol. The smallest absolute Gasteiger partial charge is 0.254 e. The second kappa shape index (κ2) is 6.77.